The molecule has 45 heavy (non-hydrogen) atoms. The number of thioether (sulfide) groups is 1. The highest BCUT2D eigenvalue weighted by molar-refractivity contribution is 7.98. The number of hydrogen-bond donors (Lipinski definition) is 1. The maximum atomic E-state index is 13.8. The Labute approximate surface area is 262 Å². The van der Waals surface area contributed by atoms with E-state index in [1.54, 1.807) is 60.6 Å². The Morgan fingerprint density at radius 2 is 1.93 bits per heavy atom. The summed E-state index contributed by atoms with van der Waals surface area (Å²) >= 11 is 1.30. The predicted molar refractivity (Wildman–Crippen MR) is 164 cm³/mol. The topological polar surface area (TPSA) is 156 Å². The van der Waals surface area contributed by atoms with Crippen LogP contribution in [-0.2, 0) is 33.2 Å². The van der Waals surface area contributed by atoms with E-state index in [1.165, 1.54) is 16.3 Å². The quantitative estimate of drug-likeness (QED) is 0.164. The normalized spacial score (nSPS) is 15.0. The summed E-state index contributed by atoms with van der Waals surface area (Å²) in [4.78, 5) is 57.9. The molecular formula is C32H32N4O8S. The number of aromatic nitrogens is 2. The second-order valence-electron chi connectivity index (χ2n) is 10.8. The molecule has 0 bridgehead atoms. The molecule has 6 rings (SSSR count). The molecule has 2 amide bonds. The van der Waals surface area contributed by atoms with Gasteiger partial charge in [0.2, 0.25) is 5.91 Å². The minimum atomic E-state index is -0.452. The summed E-state index contributed by atoms with van der Waals surface area (Å²) in [7, 11) is 0. The first-order valence-corrected chi connectivity index (χ1v) is 15.6. The van der Waals surface area contributed by atoms with E-state index in [0.717, 1.165) is 11.1 Å². The molecule has 12 nitrogen and oxygen atoms in total. The number of nitrogens with two attached hydrogens (primary N) is 1. The first-order chi connectivity index (χ1) is 21.8. The van der Waals surface area contributed by atoms with Crippen LogP contribution in [-0.4, -0.2) is 58.7 Å². The van der Waals surface area contributed by atoms with Crippen molar-refractivity contribution in [2.24, 2.45) is 11.7 Å². The lowest BCUT2D eigenvalue weighted by atomic mass is 9.96. The summed E-state index contributed by atoms with van der Waals surface area (Å²) in [6.07, 6.45) is 2.57. The SMILES string of the molecule is CCOC(=O)c1cc2c(c(CSc3nc4cc(C(=O)N5CCC(C(N)=O)CC5)ccc4c(=O)n3Cc3ccco3)c1)OCOC2. The highest BCUT2D eigenvalue weighted by Crippen LogP contribution is 2.34. The number of amides is 2. The van der Waals surface area contributed by atoms with Crippen molar-refractivity contribution >= 4 is 40.4 Å². The number of primary amides is 1. The van der Waals surface area contributed by atoms with Gasteiger partial charge < -0.3 is 29.3 Å². The van der Waals surface area contributed by atoms with E-state index >= 15 is 0 Å². The van der Waals surface area contributed by atoms with Gasteiger partial charge in [-0.2, -0.15) is 0 Å². The molecular weight excluding hydrogens is 600 g/mol. The Morgan fingerprint density at radius 3 is 2.67 bits per heavy atom. The van der Waals surface area contributed by atoms with Crippen LogP contribution in [0.25, 0.3) is 10.9 Å². The molecule has 0 atom stereocenters. The lowest BCUT2D eigenvalue weighted by Crippen LogP contribution is -2.41. The summed E-state index contributed by atoms with van der Waals surface area (Å²) in [6, 6.07) is 11.8. The maximum Gasteiger partial charge on any atom is 0.338 e. The number of piperidine rings is 1. The molecule has 0 spiro atoms. The zero-order valence-corrected chi connectivity index (χ0v) is 25.5. The van der Waals surface area contributed by atoms with Crippen molar-refractivity contribution in [1.82, 2.24) is 14.5 Å². The van der Waals surface area contributed by atoms with Gasteiger partial charge >= 0.3 is 5.97 Å². The van der Waals surface area contributed by atoms with Gasteiger partial charge in [-0.1, -0.05) is 11.8 Å². The minimum absolute atomic E-state index is 0.0812. The van der Waals surface area contributed by atoms with Crippen molar-refractivity contribution in [3.05, 3.63) is 87.1 Å². The third-order valence-electron chi connectivity index (χ3n) is 7.90. The smallest absolute Gasteiger partial charge is 0.338 e. The first-order valence-electron chi connectivity index (χ1n) is 14.6. The van der Waals surface area contributed by atoms with E-state index in [2.05, 4.69) is 0 Å². The van der Waals surface area contributed by atoms with Crippen LogP contribution in [0.5, 0.6) is 5.75 Å². The van der Waals surface area contributed by atoms with Gasteiger partial charge in [-0.25, -0.2) is 9.78 Å². The molecule has 0 radical (unpaired) electrons. The van der Waals surface area contributed by atoms with Crippen molar-refractivity contribution < 1.29 is 33.0 Å². The van der Waals surface area contributed by atoms with Crippen LogP contribution in [0.1, 0.15) is 57.4 Å². The average molecular weight is 633 g/mol. The van der Waals surface area contributed by atoms with Gasteiger partial charge in [0.1, 0.15) is 11.5 Å². The van der Waals surface area contributed by atoms with Gasteiger partial charge in [-0.3, -0.25) is 19.0 Å². The number of nitrogens with zero attached hydrogens (tertiary/aromatic N) is 3. The zero-order valence-electron chi connectivity index (χ0n) is 24.7. The molecule has 2 aromatic heterocycles. The minimum Gasteiger partial charge on any atom is -0.467 e. The van der Waals surface area contributed by atoms with Crippen LogP contribution < -0.4 is 16.0 Å². The molecule has 1 fully saturated rings. The van der Waals surface area contributed by atoms with E-state index in [9.17, 15) is 19.2 Å². The van der Waals surface area contributed by atoms with Crippen molar-refractivity contribution in [2.75, 3.05) is 26.5 Å². The molecule has 2 N–H and O–H groups in total. The number of carbonyl (C=O) groups is 3. The first kappa shape index (κ1) is 30.4. The predicted octanol–water partition coefficient (Wildman–Crippen LogP) is 3.71. The number of rotatable bonds is 9. The summed E-state index contributed by atoms with van der Waals surface area (Å²) in [6.45, 7) is 3.35. The van der Waals surface area contributed by atoms with Crippen LogP contribution in [0.3, 0.4) is 0 Å². The van der Waals surface area contributed by atoms with E-state index in [0.29, 0.717) is 70.4 Å². The van der Waals surface area contributed by atoms with Gasteiger partial charge in [0.05, 0.1) is 42.5 Å². The number of fused-ring (bicyclic) bond motifs is 2. The van der Waals surface area contributed by atoms with E-state index in [1.807, 2.05) is 0 Å². The molecule has 0 aliphatic carbocycles. The number of esters is 1. The molecule has 1 saturated heterocycles. The van der Waals surface area contributed by atoms with Crippen LogP contribution in [0.15, 0.2) is 63.1 Å². The van der Waals surface area contributed by atoms with Gasteiger partial charge in [-0.15, -0.1) is 0 Å². The molecule has 2 aromatic carbocycles. The number of carbonyl (C=O) groups excluding carboxylic acids is 3. The Kier molecular flexibility index (Phi) is 8.90. The molecule has 2 aliphatic rings. The molecule has 4 aromatic rings. The lowest BCUT2D eigenvalue weighted by molar-refractivity contribution is -0.123. The Balaban J connectivity index is 1.34. The molecule has 234 valence electrons. The third kappa shape index (κ3) is 6.45. The van der Waals surface area contributed by atoms with Crippen molar-refractivity contribution in [3.8, 4) is 5.75 Å². The number of benzene rings is 2. The highest BCUT2D eigenvalue weighted by atomic mass is 32.2. The largest absolute Gasteiger partial charge is 0.467 e. The summed E-state index contributed by atoms with van der Waals surface area (Å²) in [5.41, 5.74) is 7.77. The molecule has 0 unspecified atom stereocenters. The van der Waals surface area contributed by atoms with E-state index < -0.39 is 5.97 Å². The third-order valence-corrected chi connectivity index (χ3v) is 8.93. The fourth-order valence-corrected chi connectivity index (χ4v) is 6.54. The Morgan fingerprint density at radius 1 is 1.11 bits per heavy atom. The number of hydrogen-bond acceptors (Lipinski definition) is 10. The van der Waals surface area contributed by atoms with Gasteiger partial charge in [0.25, 0.3) is 11.5 Å². The highest BCUT2D eigenvalue weighted by Gasteiger charge is 2.27. The molecule has 13 heteroatoms. The Hall–Kier alpha value is -4.62. The van der Waals surface area contributed by atoms with E-state index in [-0.39, 0.29) is 49.8 Å². The standard InChI is InChI=1S/C32H32N4O8S/c1-2-42-31(40)21-12-22-16-41-18-44-27(22)23(13-21)17-45-32-34-26-14-20(29(38)35-9-7-19(8-10-35)28(33)37)5-6-25(26)30(39)36(32)15-24-4-3-11-43-24/h3-6,11-14,19H,2,7-10,15-18H2,1H3,(H2,33,37). The number of furan rings is 1. The zero-order chi connectivity index (χ0) is 31.5. The maximum absolute atomic E-state index is 13.8. The van der Waals surface area contributed by atoms with Gasteiger partial charge in [0.15, 0.2) is 11.9 Å². The van der Waals surface area contributed by atoms with Gasteiger partial charge in [0, 0.05) is 41.5 Å². The second-order valence-corrected chi connectivity index (χ2v) is 11.8. The fourth-order valence-electron chi connectivity index (χ4n) is 5.57. The Bertz CT molecular complexity index is 1810. The van der Waals surface area contributed by atoms with E-state index in [4.69, 9.17) is 29.3 Å². The number of likely N-dealkylation sites (tertiary alicyclic amines) is 1. The monoisotopic (exact) mass is 632 g/mol. The van der Waals surface area contributed by atoms with Crippen molar-refractivity contribution in [3.63, 3.8) is 0 Å². The molecule has 4 heterocycles. The van der Waals surface area contributed by atoms with Gasteiger partial charge in [-0.05, 0) is 62.2 Å². The van der Waals surface area contributed by atoms with Crippen molar-refractivity contribution in [1.29, 1.82) is 0 Å². The van der Waals surface area contributed by atoms with Crippen molar-refractivity contribution in [2.45, 2.75) is 43.8 Å². The second kappa shape index (κ2) is 13.2. The molecule has 2 aliphatic heterocycles. The average Bonchev–Trinajstić information content (AvgIpc) is 3.58. The number of ether oxygens (including phenoxy) is 3. The van der Waals surface area contributed by atoms with Crippen LogP contribution in [0, 0.1) is 5.92 Å². The van der Waals surface area contributed by atoms with Crippen LogP contribution >= 0.6 is 11.8 Å². The molecule has 0 saturated carbocycles. The fraction of sp³-hybridized carbons (Fsp3) is 0.344. The van der Waals surface area contributed by atoms with Crippen LogP contribution in [0.4, 0.5) is 0 Å². The van der Waals surface area contributed by atoms with Crippen LogP contribution in [0.2, 0.25) is 0 Å². The summed E-state index contributed by atoms with van der Waals surface area (Å²) in [5.74, 6) is 0.286. The lowest BCUT2D eigenvalue weighted by Gasteiger charge is -2.30. The summed E-state index contributed by atoms with van der Waals surface area (Å²) in [5, 5.41) is 0.759. The summed E-state index contributed by atoms with van der Waals surface area (Å²) < 4.78 is 23.5.